The van der Waals surface area contributed by atoms with E-state index < -0.39 is 0 Å². The lowest BCUT2D eigenvalue weighted by atomic mass is 10.3. The number of imidazole rings is 1. The third-order valence-corrected chi connectivity index (χ3v) is 2.85. The predicted molar refractivity (Wildman–Crippen MR) is 73.8 cm³/mol. The molecule has 1 aromatic heterocycles. The van der Waals surface area contributed by atoms with Crippen molar-refractivity contribution in [2.75, 3.05) is 6.61 Å². The summed E-state index contributed by atoms with van der Waals surface area (Å²) in [5.74, 6) is 2.43. The van der Waals surface area contributed by atoms with Crippen LogP contribution in [0, 0.1) is 0 Å². The molecule has 90 valence electrons. The Morgan fingerprint density at radius 2 is 2.35 bits per heavy atom. The molecule has 0 bridgehead atoms. The summed E-state index contributed by atoms with van der Waals surface area (Å²) in [4.78, 5) is 4.55. The monoisotopic (exact) mass is 248 g/mol. The summed E-state index contributed by atoms with van der Waals surface area (Å²) in [5.41, 5.74) is 2.04. The zero-order valence-corrected chi connectivity index (χ0v) is 10.8. The molecule has 4 heteroatoms. The summed E-state index contributed by atoms with van der Waals surface area (Å²) in [6.45, 7) is 7.15. The van der Waals surface area contributed by atoms with Crippen LogP contribution in [0.5, 0.6) is 5.75 Å². The lowest BCUT2D eigenvalue weighted by molar-refractivity contribution is 0.340. The van der Waals surface area contributed by atoms with E-state index in [1.807, 2.05) is 31.2 Å². The van der Waals surface area contributed by atoms with E-state index in [0.29, 0.717) is 12.4 Å². The zero-order chi connectivity index (χ0) is 12.3. The molecule has 0 fully saturated rings. The molecule has 0 spiro atoms. The van der Waals surface area contributed by atoms with E-state index in [-0.39, 0.29) is 0 Å². The minimum absolute atomic E-state index is 0.618. The number of nitrogens with zero attached hydrogens (tertiary/aromatic N) is 2. The maximum atomic E-state index is 5.47. The number of thiol groups is 1. The maximum Gasteiger partial charge on any atom is 0.121 e. The molecule has 0 unspecified atom stereocenters. The summed E-state index contributed by atoms with van der Waals surface area (Å²) in [6.07, 6.45) is 1.87. The van der Waals surface area contributed by atoms with Crippen LogP contribution >= 0.6 is 12.6 Å². The Morgan fingerprint density at radius 1 is 1.53 bits per heavy atom. The van der Waals surface area contributed by atoms with Crippen molar-refractivity contribution < 1.29 is 4.74 Å². The number of benzene rings is 1. The predicted octanol–water partition coefficient (Wildman–Crippen LogP) is 3.05. The maximum absolute atomic E-state index is 5.47. The van der Waals surface area contributed by atoms with Gasteiger partial charge in [-0.1, -0.05) is 6.08 Å². The van der Waals surface area contributed by atoms with Crippen molar-refractivity contribution in [1.82, 2.24) is 9.55 Å². The molecule has 1 heterocycles. The first kappa shape index (κ1) is 12.0. The summed E-state index contributed by atoms with van der Waals surface area (Å²) < 4.78 is 7.58. The minimum Gasteiger partial charge on any atom is -0.494 e. The minimum atomic E-state index is 0.618. The largest absolute Gasteiger partial charge is 0.494 e. The Morgan fingerprint density at radius 3 is 3.00 bits per heavy atom. The molecule has 0 saturated heterocycles. The van der Waals surface area contributed by atoms with Crippen LogP contribution in [-0.2, 0) is 12.3 Å². The van der Waals surface area contributed by atoms with E-state index in [9.17, 15) is 0 Å². The van der Waals surface area contributed by atoms with Crippen LogP contribution in [0.3, 0.4) is 0 Å². The molecule has 0 aliphatic rings. The van der Waals surface area contributed by atoms with Gasteiger partial charge in [0.25, 0.3) is 0 Å². The van der Waals surface area contributed by atoms with Gasteiger partial charge in [0.05, 0.1) is 17.6 Å². The highest BCUT2D eigenvalue weighted by atomic mass is 32.1. The third-order valence-electron chi connectivity index (χ3n) is 2.56. The lowest BCUT2D eigenvalue weighted by Gasteiger charge is -2.05. The van der Waals surface area contributed by atoms with Crippen molar-refractivity contribution in [3.8, 4) is 5.75 Å². The van der Waals surface area contributed by atoms with E-state index in [2.05, 4.69) is 28.8 Å². The number of rotatable bonds is 5. The molecule has 0 N–H and O–H groups in total. The van der Waals surface area contributed by atoms with E-state index in [1.54, 1.807) is 0 Å². The first-order valence-corrected chi connectivity index (χ1v) is 6.27. The normalized spacial score (nSPS) is 10.7. The average Bonchev–Trinajstić information content (AvgIpc) is 2.68. The average molecular weight is 248 g/mol. The molecular formula is C13H16N2OS. The molecular weight excluding hydrogens is 232 g/mol. The molecule has 2 aromatic rings. The van der Waals surface area contributed by atoms with Crippen LogP contribution in [0.2, 0.25) is 0 Å². The summed E-state index contributed by atoms with van der Waals surface area (Å²) >= 11 is 4.30. The standard InChI is InChI=1S/C13H16N2OS/c1-3-7-15-12-6-5-10(16-4-2)8-11(12)14-13(15)9-17/h3,5-6,8,17H,1,4,7,9H2,2H3. The zero-order valence-electron chi connectivity index (χ0n) is 9.89. The van der Waals surface area contributed by atoms with Crippen LogP contribution in [0.25, 0.3) is 11.0 Å². The molecule has 2 rings (SSSR count). The van der Waals surface area contributed by atoms with Crippen LogP contribution in [0.1, 0.15) is 12.7 Å². The van der Waals surface area contributed by atoms with Gasteiger partial charge < -0.3 is 9.30 Å². The molecule has 0 aliphatic carbocycles. The van der Waals surface area contributed by atoms with Gasteiger partial charge in [0.1, 0.15) is 11.6 Å². The fourth-order valence-corrected chi connectivity index (χ4v) is 2.11. The van der Waals surface area contributed by atoms with Gasteiger partial charge in [0.2, 0.25) is 0 Å². The van der Waals surface area contributed by atoms with Crippen molar-refractivity contribution in [2.24, 2.45) is 0 Å². The highest BCUT2D eigenvalue weighted by molar-refractivity contribution is 7.79. The van der Waals surface area contributed by atoms with Crippen molar-refractivity contribution in [1.29, 1.82) is 0 Å². The molecule has 17 heavy (non-hydrogen) atoms. The van der Waals surface area contributed by atoms with Crippen LogP contribution in [0.15, 0.2) is 30.9 Å². The van der Waals surface area contributed by atoms with Gasteiger partial charge in [0.15, 0.2) is 0 Å². The topological polar surface area (TPSA) is 27.1 Å². The quantitative estimate of drug-likeness (QED) is 0.650. The first-order chi connectivity index (χ1) is 8.30. The van der Waals surface area contributed by atoms with Gasteiger partial charge in [0, 0.05) is 18.4 Å². The van der Waals surface area contributed by atoms with Gasteiger partial charge in [-0.05, 0) is 19.1 Å². The van der Waals surface area contributed by atoms with Gasteiger partial charge in [-0.25, -0.2) is 4.98 Å². The van der Waals surface area contributed by atoms with Gasteiger partial charge in [-0.3, -0.25) is 0 Å². The fraction of sp³-hybridized carbons (Fsp3) is 0.308. The Labute approximate surface area is 107 Å². The summed E-state index contributed by atoms with van der Waals surface area (Å²) in [5, 5.41) is 0. The molecule has 3 nitrogen and oxygen atoms in total. The Bertz CT molecular complexity index is 533. The van der Waals surface area contributed by atoms with Crippen molar-refractivity contribution >= 4 is 23.7 Å². The highest BCUT2D eigenvalue weighted by Crippen LogP contribution is 2.22. The van der Waals surface area contributed by atoms with Crippen LogP contribution < -0.4 is 4.74 Å². The lowest BCUT2D eigenvalue weighted by Crippen LogP contribution is -1.99. The SMILES string of the molecule is C=CCn1c(CS)nc2cc(OCC)ccc21. The third kappa shape index (κ3) is 2.31. The van der Waals surface area contributed by atoms with E-state index in [0.717, 1.165) is 29.2 Å². The van der Waals surface area contributed by atoms with Crippen molar-refractivity contribution in [2.45, 2.75) is 19.2 Å². The number of allylic oxidation sites excluding steroid dienone is 1. The van der Waals surface area contributed by atoms with Crippen molar-refractivity contribution in [3.63, 3.8) is 0 Å². The van der Waals surface area contributed by atoms with Crippen molar-refractivity contribution in [3.05, 3.63) is 36.7 Å². The molecule has 0 radical (unpaired) electrons. The number of ether oxygens (including phenoxy) is 1. The first-order valence-electron chi connectivity index (χ1n) is 5.63. The number of hydrogen-bond acceptors (Lipinski definition) is 3. The second kappa shape index (κ2) is 5.27. The smallest absolute Gasteiger partial charge is 0.121 e. The van der Waals surface area contributed by atoms with Gasteiger partial charge in [-0.2, -0.15) is 12.6 Å². The summed E-state index contributed by atoms with van der Waals surface area (Å²) in [6, 6.07) is 5.96. The van der Waals surface area contributed by atoms with E-state index >= 15 is 0 Å². The number of hydrogen-bond donors (Lipinski definition) is 1. The number of fused-ring (bicyclic) bond motifs is 1. The van der Waals surface area contributed by atoms with Gasteiger partial charge in [-0.15, -0.1) is 6.58 Å². The number of aromatic nitrogens is 2. The molecule has 0 amide bonds. The molecule has 0 atom stereocenters. The fourth-order valence-electron chi connectivity index (χ4n) is 1.87. The van der Waals surface area contributed by atoms with E-state index in [4.69, 9.17) is 4.74 Å². The second-order valence-corrected chi connectivity index (χ2v) is 3.99. The Balaban J connectivity index is 2.52. The Kier molecular flexibility index (Phi) is 3.74. The second-order valence-electron chi connectivity index (χ2n) is 3.67. The molecule has 1 aromatic carbocycles. The molecule has 0 saturated carbocycles. The summed E-state index contributed by atoms with van der Waals surface area (Å²) in [7, 11) is 0. The van der Waals surface area contributed by atoms with Gasteiger partial charge >= 0.3 is 0 Å². The highest BCUT2D eigenvalue weighted by Gasteiger charge is 2.09. The van der Waals surface area contributed by atoms with E-state index in [1.165, 1.54) is 0 Å². The van der Waals surface area contributed by atoms with Crippen LogP contribution in [0.4, 0.5) is 0 Å². The van der Waals surface area contributed by atoms with Crippen LogP contribution in [-0.4, -0.2) is 16.2 Å². The Hall–Kier alpha value is -1.42. The molecule has 0 aliphatic heterocycles.